The number of carbonyl (C=O) groups excluding carboxylic acids is 1. The van der Waals surface area contributed by atoms with Gasteiger partial charge in [0.2, 0.25) is 5.89 Å². The van der Waals surface area contributed by atoms with Crippen molar-refractivity contribution in [1.29, 1.82) is 0 Å². The van der Waals surface area contributed by atoms with Crippen LogP contribution in [0.3, 0.4) is 0 Å². The van der Waals surface area contributed by atoms with Crippen LogP contribution >= 0.6 is 15.9 Å². The van der Waals surface area contributed by atoms with Crippen molar-refractivity contribution in [3.8, 4) is 11.5 Å². The van der Waals surface area contributed by atoms with Gasteiger partial charge in [-0.2, -0.15) is 0 Å². The predicted molar refractivity (Wildman–Crippen MR) is 98.5 cm³/mol. The van der Waals surface area contributed by atoms with Gasteiger partial charge in [0.05, 0.1) is 0 Å². The largest absolute Gasteiger partial charge is 0.444 e. The first-order valence-electron chi connectivity index (χ1n) is 7.63. The molecule has 2 aromatic heterocycles. The molecule has 1 N–H and O–H groups in total. The third-order valence-corrected chi connectivity index (χ3v) is 4.17. The molecule has 2 heterocycles. The SMILES string of the molecule is Cc1ccc(-c2nc3cc(NC(=O)c4ccc(Br)o4)ccc3o2)cc1. The molecule has 6 heteroatoms. The number of halogens is 1. The summed E-state index contributed by atoms with van der Waals surface area (Å²) in [5, 5.41) is 2.78. The molecule has 0 atom stereocenters. The van der Waals surface area contributed by atoms with E-state index in [1.165, 1.54) is 5.56 Å². The summed E-state index contributed by atoms with van der Waals surface area (Å²) in [6, 6.07) is 16.6. The first kappa shape index (κ1) is 15.7. The van der Waals surface area contributed by atoms with Gasteiger partial charge in [-0.15, -0.1) is 0 Å². The lowest BCUT2D eigenvalue weighted by molar-refractivity contribution is 0.0995. The van der Waals surface area contributed by atoms with Crippen LogP contribution in [-0.4, -0.2) is 10.9 Å². The van der Waals surface area contributed by atoms with E-state index in [9.17, 15) is 4.79 Å². The van der Waals surface area contributed by atoms with Crippen molar-refractivity contribution in [2.45, 2.75) is 6.92 Å². The van der Waals surface area contributed by atoms with E-state index in [0.29, 0.717) is 27.3 Å². The van der Waals surface area contributed by atoms with E-state index < -0.39 is 0 Å². The van der Waals surface area contributed by atoms with E-state index in [2.05, 4.69) is 26.2 Å². The van der Waals surface area contributed by atoms with Gasteiger partial charge in [0, 0.05) is 11.3 Å². The zero-order valence-electron chi connectivity index (χ0n) is 13.2. The Kier molecular flexibility index (Phi) is 3.89. The minimum atomic E-state index is -0.327. The highest BCUT2D eigenvalue weighted by Gasteiger charge is 2.13. The molecule has 2 aromatic carbocycles. The van der Waals surface area contributed by atoms with Crippen LogP contribution in [0.5, 0.6) is 0 Å². The highest BCUT2D eigenvalue weighted by atomic mass is 79.9. The van der Waals surface area contributed by atoms with Crippen molar-refractivity contribution in [3.05, 3.63) is 70.6 Å². The molecule has 0 aliphatic heterocycles. The Morgan fingerprint density at radius 1 is 1.04 bits per heavy atom. The number of fused-ring (bicyclic) bond motifs is 1. The zero-order chi connectivity index (χ0) is 17.4. The van der Waals surface area contributed by atoms with Crippen molar-refractivity contribution in [2.24, 2.45) is 0 Å². The molecule has 0 unspecified atom stereocenters. The fourth-order valence-electron chi connectivity index (χ4n) is 2.45. The van der Waals surface area contributed by atoms with Gasteiger partial charge in [0.25, 0.3) is 5.91 Å². The number of aromatic nitrogens is 1. The standard InChI is InChI=1S/C19H13BrN2O3/c1-11-2-4-12(5-3-11)19-22-14-10-13(6-7-15(14)25-19)21-18(23)16-8-9-17(20)24-16/h2-10H,1H3,(H,21,23). The van der Waals surface area contributed by atoms with Gasteiger partial charge in [0.1, 0.15) is 5.52 Å². The lowest BCUT2D eigenvalue weighted by Crippen LogP contribution is -2.10. The van der Waals surface area contributed by atoms with Gasteiger partial charge in [-0.1, -0.05) is 17.7 Å². The summed E-state index contributed by atoms with van der Waals surface area (Å²) in [7, 11) is 0. The number of oxazole rings is 1. The predicted octanol–water partition coefficient (Wildman–Crippen LogP) is 5.41. The highest BCUT2D eigenvalue weighted by molar-refractivity contribution is 9.10. The molecule has 5 nitrogen and oxygen atoms in total. The van der Waals surface area contributed by atoms with E-state index in [1.807, 2.05) is 31.2 Å². The number of hydrogen-bond acceptors (Lipinski definition) is 4. The van der Waals surface area contributed by atoms with E-state index in [4.69, 9.17) is 8.83 Å². The number of amides is 1. The first-order chi connectivity index (χ1) is 12.1. The van der Waals surface area contributed by atoms with E-state index in [1.54, 1.807) is 30.3 Å². The maximum Gasteiger partial charge on any atom is 0.291 e. The lowest BCUT2D eigenvalue weighted by atomic mass is 10.1. The number of aryl methyl sites for hydroxylation is 1. The summed E-state index contributed by atoms with van der Waals surface area (Å²) in [6.07, 6.45) is 0. The number of carbonyl (C=O) groups is 1. The molecule has 0 fully saturated rings. The Bertz CT molecular complexity index is 1060. The van der Waals surface area contributed by atoms with Crippen LogP contribution in [0.1, 0.15) is 16.1 Å². The third-order valence-electron chi connectivity index (χ3n) is 3.74. The molecule has 0 aliphatic rings. The molecule has 25 heavy (non-hydrogen) atoms. The minimum Gasteiger partial charge on any atom is -0.444 e. The molecule has 0 radical (unpaired) electrons. The van der Waals surface area contributed by atoms with E-state index in [-0.39, 0.29) is 11.7 Å². The summed E-state index contributed by atoms with van der Waals surface area (Å²) in [5.74, 6) is 0.452. The zero-order valence-corrected chi connectivity index (χ0v) is 14.8. The van der Waals surface area contributed by atoms with E-state index in [0.717, 1.165) is 5.56 Å². The van der Waals surface area contributed by atoms with Crippen LogP contribution in [0.2, 0.25) is 0 Å². The summed E-state index contributed by atoms with van der Waals surface area (Å²) < 4.78 is 11.5. The topological polar surface area (TPSA) is 68.3 Å². The monoisotopic (exact) mass is 396 g/mol. The highest BCUT2D eigenvalue weighted by Crippen LogP contribution is 2.26. The van der Waals surface area contributed by atoms with Gasteiger partial charge in [-0.05, 0) is 65.3 Å². The van der Waals surface area contributed by atoms with Crippen molar-refractivity contribution in [3.63, 3.8) is 0 Å². The van der Waals surface area contributed by atoms with E-state index >= 15 is 0 Å². The molecule has 0 saturated carbocycles. The van der Waals surface area contributed by atoms with Gasteiger partial charge in [-0.3, -0.25) is 4.79 Å². The fraction of sp³-hybridized carbons (Fsp3) is 0.0526. The molecular formula is C19H13BrN2O3. The summed E-state index contributed by atoms with van der Waals surface area (Å²) in [5.41, 5.74) is 4.04. The van der Waals surface area contributed by atoms with Crippen molar-refractivity contribution in [2.75, 3.05) is 5.32 Å². The quantitative estimate of drug-likeness (QED) is 0.502. The second-order valence-electron chi connectivity index (χ2n) is 5.63. The molecule has 124 valence electrons. The first-order valence-corrected chi connectivity index (χ1v) is 8.42. The van der Waals surface area contributed by atoms with Crippen LogP contribution in [0.4, 0.5) is 5.69 Å². The van der Waals surface area contributed by atoms with Crippen LogP contribution in [-0.2, 0) is 0 Å². The maximum absolute atomic E-state index is 12.2. The Hall–Kier alpha value is -2.86. The van der Waals surface area contributed by atoms with Crippen molar-refractivity contribution >= 4 is 38.6 Å². The second kappa shape index (κ2) is 6.22. The smallest absolute Gasteiger partial charge is 0.291 e. The average Bonchev–Trinajstić information content (AvgIpc) is 3.21. The van der Waals surface area contributed by atoms with Crippen LogP contribution < -0.4 is 5.32 Å². The maximum atomic E-state index is 12.2. The molecule has 0 bridgehead atoms. The summed E-state index contributed by atoms with van der Waals surface area (Å²) in [4.78, 5) is 16.7. The van der Waals surface area contributed by atoms with Crippen molar-refractivity contribution < 1.29 is 13.6 Å². The van der Waals surface area contributed by atoms with Gasteiger partial charge >= 0.3 is 0 Å². The molecule has 0 spiro atoms. The number of nitrogens with zero attached hydrogens (tertiary/aromatic N) is 1. The minimum absolute atomic E-state index is 0.229. The molecular weight excluding hydrogens is 384 g/mol. The number of hydrogen-bond donors (Lipinski definition) is 1. The number of benzene rings is 2. The summed E-state index contributed by atoms with van der Waals surface area (Å²) >= 11 is 3.18. The molecule has 0 saturated heterocycles. The van der Waals surface area contributed by atoms with Gasteiger partial charge < -0.3 is 14.2 Å². The third kappa shape index (κ3) is 3.21. The van der Waals surface area contributed by atoms with Crippen LogP contribution in [0, 0.1) is 6.92 Å². The Labute approximate surface area is 151 Å². The normalized spacial score (nSPS) is 11.0. The van der Waals surface area contributed by atoms with Gasteiger partial charge in [-0.25, -0.2) is 4.98 Å². The van der Waals surface area contributed by atoms with Gasteiger partial charge in [0.15, 0.2) is 16.0 Å². The molecule has 1 amide bonds. The average molecular weight is 397 g/mol. The second-order valence-corrected chi connectivity index (χ2v) is 6.41. The Morgan fingerprint density at radius 3 is 2.56 bits per heavy atom. The van der Waals surface area contributed by atoms with Crippen LogP contribution in [0.25, 0.3) is 22.6 Å². The fourth-order valence-corrected chi connectivity index (χ4v) is 2.76. The molecule has 4 rings (SSSR count). The number of anilines is 1. The molecule has 4 aromatic rings. The van der Waals surface area contributed by atoms with Crippen molar-refractivity contribution in [1.82, 2.24) is 4.98 Å². The number of furan rings is 1. The number of rotatable bonds is 3. The Morgan fingerprint density at radius 2 is 1.84 bits per heavy atom. The Balaban J connectivity index is 1.61. The number of nitrogens with one attached hydrogen (secondary N) is 1. The van der Waals surface area contributed by atoms with Crippen LogP contribution in [0.15, 0.2) is 68.1 Å². The summed E-state index contributed by atoms with van der Waals surface area (Å²) in [6.45, 7) is 2.03. The molecule has 0 aliphatic carbocycles. The lowest BCUT2D eigenvalue weighted by Gasteiger charge is -2.02.